The maximum atomic E-state index is 12.0. The molecule has 0 aromatic carbocycles. The van der Waals surface area contributed by atoms with Crippen LogP contribution in [0.25, 0.3) is 0 Å². The van der Waals surface area contributed by atoms with Crippen molar-refractivity contribution in [1.82, 2.24) is 21.3 Å². The molecule has 3 unspecified atom stereocenters. The third kappa shape index (κ3) is 8.25. The number of carbonyl (C=O) groups excluding carboxylic acids is 4. The van der Waals surface area contributed by atoms with Crippen LogP contribution >= 0.6 is 11.8 Å². The van der Waals surface area contributed by atoms with E-state index in [-0.39, 0.29) is 43.1 Å². The Morgan fingerprint density at radius 1 is 1.13 bits per heavy atom. The van der Waals surface area contributed by atoms with Crippen LogP contribution in [0, 0.1) is 0 Å². The van der Waals surface area contributed by atoms with Crippen molar-refractivity contribution in [3.8, 4) is 0 Å². The van der Waals surface area contributed by atoms with E-state index in [0.717, 1.165) is 25.0 Å². The first-order valence-electron chi connectivity index (χ1n) is 10.4. The van der Waals surface area contributed by atoms with Crippen molar-refractivity contribution in [2.75, 3.05) is 25.4 Å². The van der Waals surface area contributed by atoms with E-state index in [1.54, 1.807) is 6.92 Å². The van der Waals surface area contributed by atoms with Crippen LogP contribution in [-0.2, 0) is 14.3 Å². The summed E-state index contributed by atoms with van der Waals surface area (Å²) in [5, 5.41) is 11.6. The van der Waals surface area contributed by atoms with Crippen LogP contribution in [0.3, 0.4) is 0 Å². The standard InChI is InChI=1S/C20H32N4O5S/c1-13(2)18(26)29-11-10-22-19(27)21-9-5-7-14(25)6-3-4-8-16-17-15(12-30-16)23-20(28)24-17/h15-17H,1,3-12H2,2H3,(H2,21,22,27)(H2,23,24,28). The van der Waals surface area contributed by atoms with Gasteiger partial charge in [0.05, 0.1) is 18.6 Å². The first-order chi connectivity index (χ1) is 14.4. The summed E-state index contributed by atoms with van der Waals surface area (Å²) in [4.78, 5) is 46.1. The summed E-state index contributed by atoms with van der Waals surface area (Å²) in [6.07, 6.45) is 4.42. The summed E-state index contributed by atoms with van der Waals surface area (Å²) >= 11 is 1.89. The first-order valence-corrected chi connectivity index (χ1v) is 11.5. The number of esters is 1. The number of thioether (sulfide) groups is 1. The molecule has 2 aliphatic heterocycles. The fraction of sp³-hybridized carbons (Fsp3) is 0.700. The largest absolute Gasteiger partial charge is 0.460 e. The monoisotopic (exact) mass is 440 g/mol. The molecule has 2 aliphatic rings. The van der Waals surface area contributed by atoms with E-state index in [4.69, 9.17) is 4.74 Å². The lowest BCUT2D eigenvalue weighted by atomic mass is 10.0. The Bertz CT molecular complexity index is 657. The molecule has 2 fully saturated rings. The normalized spacial score (nSPS) is 21.9. The molecule has 9 nitrogen and oxygen atoms in total. The van der Waals surface area contributed by atoms with Gasteiger partial charge in [-0.1, -0.05) is 13.0 Å². The third-order valence-corrected chi connectivity index (χ3v) is 6.53. The van der Waals surface area contributed by atoms with E-state index in [0.29, 0.717) is 36.6 Å². The van der Waals surface area contributed by atoms with Crippen molar-refractivity contribution >= 4 is 35.6 Å². The molecule has 0 spiro atoms. The number of hydrogen-bond acceptors (Lipinski definition) is 6. The minimum atomic E-state index is -0.482. The van der Waals surface area contributed by atoms with Gasteiger partial charge in [0.25, 0.3) is 0 Å². The van der Waals surface area contributed by atoms with Gasteiger partial charge in [0.15, 0.2) is 0 Å². The fourth-order valence-electron chi connectivity index (χ4n) is 3.42. The molecule has 2 saturated heterocycles. The summed E-state index contributed by atoms with van der Waals surface area (Å²) in [5.74, 6) is 0.675. The number of nitrogens with one attached hydrogen (secondary N) is 4. The van der Waals surface area contributed by atoms with Gasteiger partial charge in [0, 0.05) is 36.0 Å². The molecule has 0 aromatic rings. The highest BCUT2D eigenvalue weighted by Gasteiger charge is 2.42. The van der Waals surface area contributed by atoms with Gasteiger partial charge in [-0.2, -0.15) is 11.8 Å². The predicted molar refractivity (Wildman–Crippen MR) is 115 cm³/mol. The smallest absolute Gasteiger partial charge is 0.333 e. The highest BCUT2D eigenvalue weighted by Crippen LogP contribution is 2.33. The maximum absolute atomic E-state index is 12.0. The van der Waals surface area contributed by atoms with Gasteiger partial charge in [0.1, 0.15) is 12.4 Å². The van der Waals surface area contributed by atoms with Crippen LogP contribution in [0.2, 0.25) is 0 Å². The third-order valence-electron chi connectivity index (χ3n) is 5.02. The summed E-state index contributed by atoms with van der Waals surface area (Å²) in [6, 6.07) is 0.0347. The zero-order valence-corrected chi connectivity index (χ0v) is 18.3. The van der Waals surface area contributed by atoms with Crippen molar-refractivity contribution in [3.05, 3.63) is 12.2 Å². The number of Topliss-reactive ketones (excluding diaryl/α,β-unsaturated/α-hetero) is 1. The minimum Gasteiger partial charge on any atom is -0.460 e. The van der Waals surface area contributed by atoms with Crippen LogP contribution < -0.4 is 21.3 Å². The highest BCUT2D eigenvalue weighted by molar-refractivity contribution is 8.00. The van der Waals surface area contributed by atoms with Gasteiger partial charge >= 0.3 is 18.0 Å². The summed E-state index contributed by atoms with van der Waals surface area (Å²) in [7, 11) is 0. The van der Waals surface area contributed by atoms with Gasteiger partial charge in [0.2, 0.25) is 0 Å². The SMILES string of the molecule is C=C(C)C(=O)OCCNC(=O)NCCCC(=O)CCCCC1SCC2NC(=O)NC21. The molecule has 168 valence electrons. The van der Waals surface area contributed by atoms with Crippen molar-refractivity contribution in [2.24, 2.45) is 0 Å². The average Bonchev–Trinajstić information content (AvgIpc) is 3.25. The molecule has 0 aromatic heterocycles. The lowest BCUT2D eigenvalue weighted by molar-refractivity contribution is -0.138. The second-order valence-electron chi connectivity index (χ2n) is 7.61. The summed E-state index contributed by atoms with van der Waals surface area (Å²) in [5.41, 5.74) is 0.315. The van der Waals surface area contributed by atoms with Crippen molar-refractivity contribution < 1.29 is 23.9 Å². The Hall–Kier alpha value is -2.23. The number of ether oxygens (including phenoxy) is 1. The number of carbonyl (C=O) groups is 4. The molecule has 2 rings (SSSR count). The maximum Gasteiger partial charge on any atom is 0.333 e. The number of rotatable bonds is 13. The number of fused-ring (bicyclic) bond motifs is 1. The average molecular weight is 441 g/mol. The number of ketones is 1. The van der Waals surface area contributed by atoms with E-state index in [9.17, 15) is 19.2 Å². The lowest BCUT2D eigenvalue weighted by Gasteiger charge is -2.16. The van der Waals surface area contributed by atoms with Crippen molar-refractivity contribution in [3.63, 3.8) is 0 Å². The molecule has 0 aliphatic carbocycles. The molecular formula is C20H32N4O5S. The molecule has 0 bridgehead atoms. The molecule has 4 amide bonds. The second-order valence-corrected chi connectivity index (χ2v) is 8.88. The zero-order valence-electron chi connectivity index (χ0n) is 17.5. The van der Waals surface area contributed by atoms with Crippen LogP contribution in [0.15, 0.2) is 12.2 Å². The van der Waals surface area contributed by atoms with Crippen molar-refractivity contribution in [2.45, 2.75) is 62.8 Å². The Morgan fingerprint density at radius 2 is 1.87 bits per heavy atom. The summed E-state index contributed by atoms with van der Waals surface area (Å²) < 4.78 is 4.87. The number of hydrogen-bond donors (Lipinski definition) is 4. The molecule has 3 atom stereocenters. The lowest BCUT2D eigenvalue weighted by Crippen LogP contribution is -2.38. The summed E-state index contributed by atoms with van der Waals surface area (Å²) in [6.45, 7) is 5.74. The fourth-order valence-corrected chi connectivity index (χ4v) is 4.96. The quantitative estimate of drug-likeness (QED) is 0.149. The highest BCUT2D eigenvalue weighted by atomic mass is 32.2. The Morgan fingerprint density at radius 3 is 2.63 bits per heavy atom. The van der Waals surface area contributed by atoms with Gasteiger partial charge in [-0.3, -0.25) is 4.79 Å². The van der Waals surface area contributed by atoms with Crippen LogP contribution in [0.1, 0.15) is 45.4 Å². The van der Waals surface area contributed by atoms with E-state index in [1.165, 1.54) is 0 Å². The van der Waals surface area contributed by atoms with Crippen LogP contribution in [0.5, 0.6) is 0 Å². The topological polar surface area (TPSA) is 126 Å². The number of unbranched alkanes of at least 4 members (excludes halogenated alkanes) is 1. The first kappa shape index (κ1) is 24.0. The van der Waals surface area contributed by atoms with Crippen LogP contribution in [-0.4, -0.2) is 66.6 Å². The Labute approximate surface area is 181 Å². The minimum absolute atomic E-state index is 0.0704. The van der Waals surface area contributed by atoms with Gasteiger partial charge in [-0.15, -0.1) is 0 Å². The zero-order chi connectivity index (χ0) is 21.9. The molecular weight excluding hydrogens is 408 g/mol. The molecule has 10 heteroatoms. The molecule has 0 radical (unpaired) electrons. The van der Waals surface area contributed by atoms with Gasteiger partial charge < -0.3 is 26.0 Å². The molecule has 2 heterocycles. The predicted octanol–water partition coefficient (Wildman–Crippen LogP) is 1.48. The molecule has 30 heavy (non-hydrogen) atoms. The van der Waals surface area contributed by atoms with E-state index in [1.807, 2.05) is 11.8 Å². The van der Waals surface area contributed by atoms with E-state index >= 15 is 0 Å². The molecule has 4 N–H and O–H groups in total. The van der Waals surface area contributed by atoms with Crippen molar-refractivity contribution in [1.29, 1.82) is 0 Å². The van der Waals surface area contributed by atoms with Gasteiger partial charge in [-0.05, 0) is 26.2 Å². The number of amides is 4. The Balaban J connectivity index is 1.42. The van der Waals surface area contributed by atoms with E-state index < -0.39 is 5.97 Å². The van der Waals surface area contributed by atoms with Crippen LogP contribution in [0.4, 0.5) is 9.59 Å². The second kappa shape index (κ2) is 12.5. The van der Waals surface area contributed by atoms with Gasteiger partial charge in [-0.25, -0.2) is 14.4 Å². The molecule has 0 saturated carbocycles. The number of urea groups is 2. The Kier molecular flexibility index (Phi) is 9.99. The van der Waals surface area contributed by atoms with E-state index in [2.05, 4.69) is 27.8 Å².